The highest BCUT2D eigenvalue weighted by Crippen LogP contribution is 2.14. The first kappa shape index (κ1) is 12.6. The second kappa shape index (κ2) is 4.56. The van der Waals surface area contributed by atoms with Gasteiger partial charge in [-0.1, -0.05) is 26.8 Å². The van der Waals surface area contributed by atoms with Gasteiger partial charge < -0.3 is 11.1 Å². The van der Waals surface area contributed by atoms with Crippen LogP contribution in [0.5, 0.6) is 0 Å². The van der Waals surface area contributed by atoms with Crippen LogP contribution >= 0.6 is 0 Å². The summed E-state index contributed by atoms with van der Waals surface area (Å²) in [5, 5.41) is 2.89. The Kier molecular flexibility index (Phi) is 3.58. The molecule has 0 saturated carbocycles. The first-order valence-corrected chi connectivity index (χ1v) is 5.44. The van der Waals surface area contributed by atoms with Crippen molar-refractivity contribution in [2.45, 2.75) is 27.7 Å². The minimum absolute atomic E-state index is 0.0679. The summed E-state index contributed by atoms with van der Waals surface area (Å²) in [6.07, 6.45) is 0. The van der Waals surface area contributed by atoms with Gasteiger partial charge in [0.1, 0.15) is 0 Å². The summed E-state index contributed by atoms with van der Waals surface area (Å²) in [5.74, 6) is -0.0679. The third-order valence-electron chi connectivity index (χ3n) is 2.32. The summed E-state index contributed by atoms with van der Waals surface area (Å²) in [6.45, 7) is 8.82. The third kappa shape index (κ3) is 3.57. The summed E-state index contributed by atoms with van der Waals surface area (Å²) in [6, 6.07) is 5.37. The van der Waals surface area contributed by atoms with Crippen LogP contribution in [0.4, 0.5) is 5.69 Å². The number of amides is 1. The summed E-state index contributed by atoms with van der Waals surface area (Å²) in [7, 11) is 0. The normalized spacial score (nSPS) is 11.2. The van der Waals surface area contributed by atoms with Crippen LogP contribution in [0.25, 0.3) is 0 Å². The van der Waals surface area contributed by atoms with Gasteiger partial charge in [0.25, 0.3) is 5.91 Å². The van der Waals surface area contributed by atoms with Gasteiger partial charge in [0.2, 0.25) is 0 Å². The quantitative estimate of drug-likeness (QED) is 0.752. The van der Waals surface area contributed by atoms with Crippen molar-refractivity contribution in [2.24, 2.45) is 5.41 Å². The zero-order valence-corrected chi connectivity index (χ0v) is 10.4. The zero-order chi connectivity index (χ0) is 12.3. The number of carbonyl (C=O) groups is 1. The van der Waals surface area contributed by atoms with E-state index in [1.165, 1.54) is 0 Å². The second-order valence-electron chi connectivity index (χ2n) is 5.31. The van der Waals surface area contributed by atoms with Crippen LogP contribution in [0.15, 0.2) is 18.2 Å². The number of benzene rings is 1. The molecular formula is C13H20N2O. The smallest absolute Gasteiger partial charge is 0.251 e. The lowest BCUT2D eigenvalue weighted by Crippen LogP contribution is -2.32. The topological polar surface area (TPSA) is 55.1 Å². The molecule has 88 valence electrons. The van der Waals surface area contributed by atoms with Crippen molar-refractivity contribution in [2.75, 3.05) is 12.3 Å². The minimum Gasteiger partial charge on any atom is -0.398 e. The fourth-order valence-electron chi connectivity index (χ4n) is 1.23. The Balaban J connectivity index is 2.70. The van der Waals surface area contributed by atoms with Crippen LogP contribution in [-0.2, 0) is 0 Å². The lowest BCUT2D eigenvalue weighted by atomic mass is 9.97. The van der Waals surface area contributed by atoms with Crippen LogP contribution in [-0.4, -0.2) is 12.5 Å². The number of anilines is 1. The van der Waals surface area contributed by atoms with E-state index in [4.69, 9.17) is 5.73 Å². The Bertz CT molecular complexity index is 391. The molecule has 0 aliphatic heterocycles. The molecular weight excluding hydrogens is 200 g/mol. The number of carbonyl (C=O) groups excluding carboxylic acids is 1. The highest BCUT2D eigenvalue weighted by Gasteiger charge is 2.13. The Morgan fingerprint density at radius 1 is 1.38 bits per heavy atom. The van der Waals surface area contributed by atoms with Gasteiger partial charge in [-0.3, -0.25) is 4.79 Å². The van der Waals surface area contributed by atoms with Gasteiger partial charge in [-0.15, -0.1) is 0 Å². The molecule has 3 N–H and O–H groups in total. The number of nitrogens with one attached hydrogen (secondary N) is 1. The molecule has 0 saturated heterocycles. The first-order valence-electron chi connectivity index (χ1n) is 5.44. The average molecular weight is 220 g/mol. The molecule has 3 nitrogen and oxygen atoms in total. The van der Waals surface area contributed by atoms with Gasteiger partial charge >= 0.3 is 0 Å². The molecule has 0 heterocycles. The van der Waals surface area contributed by atoms with Crippen molar-refractivity contribution in [1.82, 2.24) is 5.32 Å². The van der Waals surface area contributed by atoms with Gasteiger partial charge in [0, 0.05) is 17.8 Å². The molecule has 1 rings (SSSR count). The van der Waals surface area contributed by atoms with Crippen molar-refractivity contribution in [3.05, 3.63) is 29.3 Å². The highest BCUT2D eigenvalue weighted by atomic mass is 16.1. The van der Waals surface area contributed by atoms with E-state index in [0.717, 1.165) is 5.56 Å². The average Bonchev–Trinajstić information content (AvgIpc) is 2.17. The molecule has 0 radical (unpaired) electrons. The first-order chi connectivity index (χ1) is 7.29. The summed E-state index contributed by atoms with van der Waals surface area (Å²) in [4.78, 5) is 11.8. The molecule has 1 aromatic carbocycles. The van der Waals surface area contributed by atoms with Crippen molar-refractivity contribution >= 4 is 11.6 Å². The Morgan fingerprint density at radius 2 is 2.00 bits per heavy atom. The number of nitrogen functional groups attached to an aromatic ring is 1. The zero-order valence-electron chi connectivity index (χ0n) is 10.4. The van der Waals surface area contributed by atoms with Crippen LogP contribution < -0.4 is 11.1 Å². The predicted octanol–water partition coefficient (Wildman–Crippen LogP) is 2.35. The highest BCUT2D eigenvalue weighted by molar-refractivity contribution is 5.95. The summed E-state index contributed by atoms with van der Waals surface area (Å²) >= 11 is 0. The van der Waals surface area contributed by atoms with Crippen LogP contribution in [0.3, 0.4) is 0 Å². The maximum absolute atomic E-state index is 11.8. The SMILES string of the molecule is Cc1ccc(C(=O)NCC(C)(C)C)cc1N. The standard InChI is InChI=1S/C13H20N2O/c1-9-5-6-10(7-11(9)14)12(16)15-8-13(2,3)4/h5-7H,8,14H2,1-4H3,(H,15,16). The van der Waals surface area contributed by atoms with Gasteiger partial charge in [-0.05, 0) is 30.0 Å². The number of aryl methyl sites for hydroxylation is 1. The number of nitrogens with two attached hydrogens (primary N) is 1. The van der Waals surface area contributed by atoms with Crippen molar-refractivity contribution < 1.29 is 4.79 Å². The van der Waals surface area contributed by atoms with Crippen molar-refractivity contribution in [1.29, 1.82) is 0 Å². The van der Waals surface area contributed by atoms with E-state index in [-0.39, 0.29) is 11.3 Å². The van der Waals surface area contributed by atoms with Gasteiger partial charge in [0.05, 0.1) is 0 Å². The second-order valence-corrected chi connectivity index (χ2v) is 5.31. The van der Waals surface area contributed by atoms with Crippen molar-refractivity contribution in [3.63, 3.8) is 0 Å². The predicted molar refractivity (Wildman–Crippen MR) is 67.4 cm³/mol. The fourth-order valence-corrected chi connectivity index (χ4v) is 1.23. The lowest BCUT2D eigenvalue weighted by molar-refractivity contribution is 0.0939. The van der Waals surface area contributed by atoms with E-state index in [2.05, 4.69) is 26.1 Å². The molecule has 0 bridgehead atoms. The summed E-state index contributed by atoms with van der Waals surface area (Å²) < 4.78 is 0. The van der Waals surface area contributed by atoms with Crippen LogP contribution in [0, 0.1) is 12.3 Å². The minimum atomic E-state index is -0.0679. The van der Waals surface area contributed by atoms with E-state index < -0.39 is 0 Å². The Labute approximate surface area is 97.0 Å². The number of hydrogen-bond donors (Lipinski definition) is 2. The molecule has 0 aliphatic carbocycles. The third-order valence-corrected chi connectivity index (χ3v) is 2.32. The van der Waals surface area contributed by atoms with E-state index in [1.807, 2.05) is 13.0 Å². The molecule has 0 fully saturated rings. The summed E-state index contributed by atoms with van der Waals surface area (Å²) in [5.41, 5.74) is 8.12. The lowest BCUT2D eigenvalue weighted by Gasteiger charge is -2.18. The van der Waals surface area contributed by atoms with Gasteiger partial charge in [-0.25, -0.2) is 0 Å². The van der Waals surface area contributed by atoms with Crippen molar-refractivity contribution in [3.8, 4) is 0 Å². The fraction of sp³-hybridized carbons (Fsp3) is 0.462. The largest absolute Gasteiger partial charge is 0.398 e. The van der Waals surface area contributed by atoms with Crippen LogP contribution in [0.1, 0.15) is 36.7 Å². The molecule has 0 spiro atoms. The maximum Gasteiger partial charge on any atom is 0.251 e. The maximum atomic E-state index is 11.8. The van der Waals surface area contributed by atoms with Gasteiger partial charge in [0.15, 0.2) is 0 Å². The van der Waals surface area contributed by atoms with Gasteiger partial charge in [-0.2, -0.15) is 0 Å². The molecule has 1 aromatic rings. The Morgan fingerprint density at radius 3 is 2.50 bits per heavy atom. The molecule has 0 aromatic heterocycles. The molecule has 16 heavy (non-hydrogen) atoms. The molecule has 0 unspecified atom stereocenters. The number of rotatable bonds is 2. The monoisotopic (exact) mass is 220 g/mol. The van der Waals surface area contributed by atoms with E-state index in [0.29, 0.717) is 17.8 Å². The molecule has 1 amide bonds. The van der Waals surface area contributed by atoms with E-state index in [9.17, 15) is 4.79 Å². The number of hydrogen-bond acceptors (Lipinski definition) is 2. The molecule has 0 aliphatic rings. The molecule has 3 heteroatoms. The Hall–Kier alpha value is -1.51. The van der Waals surface area contributed by atoms with Crippen LogP contribution in [0.2, 0.25) is 0 Å². The van der Waals surface area contributed by atoms with E-state index in [1.54, 1.807) is 12.1 Å². The molecule has 0 atom stereocenters. The van der Waals surface area contributed by atoms with E-state index >= 15 is 0 Å².